The van der Waals surface area contributed by atoms with Crippen molar-refractivity contribution in [2.75, 3.05) is 0 Å². The molecule has 0 bridgehead atoms. The zero-order chi connectivity index (χ0) is 15.0. The van der Waals surface area contributed by atoms with E-state index < -0.39 is 0 Å². The summed E-state index contributed by atoms with van der Waals surface area (Å²) in [5.41, 5.74) is 7.26. The lowest BCUT2D eigenvalue weighted by Crippen LogP contribution is -2.36. The van der Waals surface area contributed by atoms with Gasteiger partial charge in [-0.3, -0.25) is 14.5 Å². The van der Waals surface area contributed by atoms with Crippen LogP contribution in [0.25, 0.3) is 0 Å². The summed E-state index contributed by atoms with van der Waals surface area (Å²) >= 11 is 0. The van der Waals surface area contributed by atoms with Gasteiger partial charge >= 0.3 is 0 Å². The Morgan fingerprint density at radius 2 is 1.81 bits per heavy atom. The number of amides is 2. The largest absolute Gasteiger partial charge is 0.326 e. The van der Waals surface area contributed by atoms with Crippen molar-refractivity contribution in [3.8, 4) is 0 Å². The summed E-state index contributed by atoms with van der Waals surface area (Å²) in [6.45, 7) is 2.43. The van der Waals surface area contributed by atoms with Gasteiger partial charge in [-0.2, -0.15) is 0 Å². The van der Waals surface area contributed by atoms with Crippen LogP contribution in [0, 0.1) is 5.41 Å². The SMILES string of the molecule is CC(c1ccc(CN)cc1)N1C(=O)CC2(CCCC2)C1=O. The lowest BCUT2D eigenvalue weighted by atomic mass is 9.84. The van der Waals surface area contributed by atoms with Gasteiger partial charge in [0.25, 0.3) is 0 Å². The van der Waals surface area contributed by atoms with Gasteiger partial charge in [-0.1, -0.05) is 37.1 Å². The summed E-state index contributed by atoms with van der Waals surface area (Å²) in [7, 11) is 0. The molecule has 1 spiro atoms. The van der Waals surface area contributed by atoms with Crippen molar-refractivity contribution in [1.82, 2.24) is 4.90 Å². The number of hydrogen-bond acceptors (Lipinski definition) is 3. The van der Waals surface area contributed by atoms with Crippen LogP contribution in [0.3, 0.4) is 0 Å². The van der Waals surface area contributed by atoms with E-state index in [4.69, 9.17) is 5.73 Å². The number of carbonyl (C=O) groups is 2. The Morgan fingerprint density at radius 3 is 2.38 bits per heavy atom. The summed E-state index contributed by atoms with van der Waals surface area (Å²) in [6.07, 6.45) is 4.26. The topological polar surface area (TPSA) is 63.4 Å². The number of benzene rings is 1. The summed E-state index contributed by atoms with van der Waals surface area (Å²) in [4.78, 5) is 26.6. The number of likely N-dealkylation sites (tertiary alicyclic amines) is 1. The number of nitrogens with two attached hydrogens (primary N) is 1. The van der Waals surface area contributed by atoms with Crippen LogP contribution in [0.1, 0.15) is 56.2 Å². The van der Waals surface area contributed by atoms with E-state index in [9.17, 15) is 9.59 Å². The van der Waals surface area contributed by atoms with Crippen LogP contribution < -0.4 is 5.73 Å². The maximum absolute atomic E-state index is 12.8. The first-order valence-electron chi connectivity index (χ1n) is 7.73. The van der Waals surface area contributed by atoms with E-state index >= 15 is 0 Å². The van der Waals surface area contributed by atoms with Gasteiger partial charge in [0, 0.05) is 13.0 Å². The lowest BCUT2D eigenvalue weighted by Gasteiger charge is -2.26. The zero-order valence-corrected chi connectivity index (χ0v) is 12.5. The van der Waals surface area contributed by atoms with Crippen LogP contribution in [-0.2, 0) is 16.1 Å². The molecule has 1 aliphatic heterocycles. The Morgan fingerprint density at radius 1 is 1.19 bits per heavy atom. The number of imide groups is 1. The third-order valence-electron chi connectivity index (χ3n) is 5.08. The Labute approximate surface area is 125 Å². The van der Waals surface area contributed by atoms with Gasteiger partial charge in [0.2, 0.25) is 11.8 Å². The van der Waals surface area contributed by atoms with Gasteiger partial charge in [0.15, 0.2) is 0 Å². The maximum atomic E-state index is 12.8. The molecule has 2 aliphatic rings. The molecule has 1 saturated heterocycles. The van der Waals surface area contributed by atoms with Crippen molar-refractivity contribution >= 4 is 11.8 Å². The molecule has 4 nitrogen and oxygen atoms in total. The molecule has 2 amide bonds. The fourth-order valence-corrected chi connectivity index (χ4v) is 3.73. The predicted molar refractivity (Wildman–Crippen MR) is 80.1 cm³/mol. The van der Waals surface area contributed by atoms with Gasteiger partial charge in [-0.25, -0.2) is 0 Å². The van der Waals surface area contributed by atoms with E-state index in [1.54, 1.807) is 0 Å². The monoisotopic (exact) mass is 286 g/mol. The highest BCUT2D eigenvalue weighted by Crippen LogP contribution is 2.48. The quantitative estimate of drug-likeness (QED) is 0.868. The molecule has 112 valence electrons. The minimum atomic E-state index is -0.386. The van der Waals surface area contributed by atoms with Crippen molar-refractivity contribution in [3.63, 3.8) is 0 Å². The minimum Gasteiger partial charge on any atom is -0.326 e. The molecule has 0 aromatic heterocycles. The molecule has 1 unspecified atom stereocenters. The molecule has 1 aromatic carbocycles. The highest BCUT2D eigenvalue weighted by Gasteiger charge is 2.53. The molecule has 21 heavy (non-hydrogen) atoms. The summed E-state index contributed by atoms with van der Waals surface area (Å²) in [5.74, 6) is 0.0257. The molecule has 1 aliphatic carbocycles. The van der Waals surface area contributed by atoms with Gasteiger partial charge in [0.1, 0.15) is 0 Å². The van der Waals surface area contributed by atoms with Crippen molar-refractivity contribution in [3.05, 3.63) is 35.4 Å². The number of carbonyl (C=O) groups excluding carboxylic acids is 2. The van der Waals surface area contributed by atoms with E-state index in [-0.39, 0.29) is 23.3 Å². The standard InChI is InChI=1S/C17H22N2O2/c1-12(14-6-4-13(11-18)5-7-14)19-15(20)10-17(16(19)21)8-2-3-9-17/h4-7,12H,2-3,8-11,18H2,1H3. The van der Waals surface area contributed by atoms with Gasteiger partial charge in [-0.15, -0.1) is 0 Å². The molecule has 1 heterocycles. The molecule has 1 saturated carbocycles. The number of nitrogens with zero attached hydrogens (tertiary/aromatic N) is 1. The Kier molecular flexibility index (Phi) is 3.57. The van der Waals surface area contributed by atoms with Crippen LogP contribution in [0.2, 0.25) is 0 Å². The molecule has 4 heteroatoms. The third kappa shape index (κ3) is 2.27. The zero-order valence-electron chi connectivity index (χ0n) is 12.5. The minimum absolute atomic E-state index is 0.0164. The van der Waals surface area contributed by atoms with Gasteiger partial charge in [-0.05, 0) is 30.9 Å². The second kappa shape index (κ2) is 5.26. The summed E-state index contributed by atoms with van der Waals surface area (Å²) in [5, 5.41) is 0. The normalized spacial score (nSPS) is 22.3. The number of hydrogen-bond donors (Lipinski definition) is 1. The van der Waals surface area contributed by atoms with Crippen LogP contribution in [-0.4, -0.2) is 16.7 Å². The van der Waals surface area contributed by atoms with Crippen molar-refractivity contribution in [1.29, 1.82) is 0 Å². The maximum Gasteiger partial charge on any atom is 0.236 e. The van der Waals surface area contributed by atoms with E-state index in [1.807, 2.05) is 31.2 Å². The molecule has 3 rings (SSSR count). The first-order valence-corrected chi connectivity index (χ1v) is 7.73. The predicted octanol–water partition coefficient (Wildman–Crippen LogP) is 2.53. The Balaban J connectivity index is 1.85. The molecule has 2 N–H and O–H groups in total. The Bertz CT molecular complexity index is 559. The summed E-state index contributed by atoms with van der Waals surface area (Å²) < 4.78 is 0. The fraction of sp³-hybridized carbons (Fsp3) is 0.529. The van der Waals surface area contributed by atoms with Crippen LogP contribution in [0.5, 0.6) is 0 Å². The first-order chi connectivity index (χ1) is 10.1. The molecular formula is C17H22N2O2. The third-order valence-corrected chi connectivity index (χ3v) is 5.08. The van der Waals surface area contributed by atoms with Gasteiger partial charge in [0.05, 0.1) is 11.5 Å². The molecule has 1 aromatic rings. The van der Waals surface area contributed by atoms with Crippen LogP contribution in [0.4, 0.5) is 0 Å². The fourth-order valence-electron chi connectivity index (χ4n) is 3.73. The highest BCUT2D eigenvalue weighted by molar-refractivity contribution is 6.06. The van der Waals surface area contributed by atoms with Crippen LogP contribution in [0.15, 0.2) is 24.3 Å². The van der Waals surface area contributed by atoms with Gasteiger partial charge < -0.3 is 5.73 Å². The second-order valence-corrected chi connectivity index (χ2v) is 6.35. The molecule has 2 fully saturated rings. The molecule has 1 atom stereocenters. The van der Waals surface area contributed by atoms with Crippen molar-refractivity contribution < 1.29 is 9.59 Å². The van der Waals surface area contributed by atoms with E-state index in [2.05, 4.69) is 0 Å². The first kappa shape index (κ1) is 14.3. The second-order valence-electron chi connectivity index (χ2n) is 6.35. The average molecular weight is 286 g/mol. The smallest absolute Gasteiger partial charge is 0.236 e. The molecule has 0 radical (unpaired) electrons. The molecular weight excluding hydrogens is 264 g/mol. The van der Waals surface area contributed by atoms with E-state index in [1.165, 1.54) is 4.90 Å². The van der Waals surface area contributed by atoms with Crippen LogP contribution >= 0.6 is 0 Å². The highest BCUT2D eigenvalue weighted by atomic mass is 16.2. The van der Waals surface area contributed by atoms with Crippen molar-refractivity contribution in [2.45, 2.75) is 51.6 Å². The van der Waals surface area contributed by atoms with E-state index in [0.29, 0.717) is 13.0 Å². The van der Waals surface area contributed by atoms with E-state index in [0.717, 1.165) is 36.8 Å². The van der Waals surface area contributed by atoms with Crippen molar-refractivity contribution in [2.24, 2.45) is 11.1 Å². The summed E-state index contributed by atoms with van der Waals surface area (Å²) in [6, 6.07) is 7.65. The lowest BCUT2D eigenvalue weighted by molar-refractivity contribution is -0.143. The average Bonchev–Trinajstić information content (AvgIpc) is 3.05. The Hall–Kier alpha value is -1.68. The number of rotatable bonds is 3.